The molecule has 19 heavy (non-hydrogen) atoms. The number of amides is 1. The average Bonchev–Trinajstić information content (AvgIpc) is 2.36. The summed E-state index contributed by atoms with van der Waals surface area (Å²) >= 11 is 0. The maximum absolute atomic E-state index is 13.0. The normalized spacial score (nSPS) is 23.3. The second kappa shape index (κ2) is 6.10. The molecule has 1 amide bonds. The molecular formula is C14H18F2N2O. The Morgan fingerprint density at radius 2 is 1.74 bits per heavy atom. The van der Waals surface area contributed by atoms with Crippen LogP contribution in [0.5, 0.6) is 0 Å². The van der Waals surface area contributed by atoms with E-state index in [1.807, 2.05) is 0 Å². The Hall–Kier alpha value is -1.49. The average molecular weight is 268 g/mol. The first-order chi connectivity index (χ1) is 9.04. The Kier molecular flexibility index (Phi) is 4.47. The predicted molar refractivity (Wildman–Crippen MR) is 68.1 cm³/mol. The van der Waals surface area contributed by atoms with E-state index in [4.69, 9.17) is 5.73 Å². The molecule has 0 heterocycles. The van der Waals surface area contributed by atoms with Crippen molar-refractivity contribution in [1.82, 2.24) is 5.32 Å². The van der Waals surface area contributed by atoms with Crippen LogP contribution >= 0.6 is 0 Å². The fourth-order valence-electron chi connectivity index (χ4n) is 2.56. The number of nitrogens with two attached hydrogens (primary N) is 1. The Morgan fingerprint density at radius 3 is 2.26 bits per heavy atom. The number of carbonyl (C=O) groups is 1. The summed E-state index contributed by atoms with van der Waals surface area (Å²) in [7, 11) is 0. The van der Waals surface area contributed by atoms with Gasteiger partial charge in [0.2, 0.25) is 5.91 Å². The largest absolute Gasteiger partial charge is 0.369 e. The van der Waals surface area contributed by atoms with Gasteiger partial charge in [-0.15, -0.1) is 0 Å². The van der Waals surface area contributed by atoms with Gasteiger partial charge in [0.1, 0.15) is 11.6 Å². The van der Waals surface area contributed by atoms with Crippen LogP contribution in [0.15, 0.2) is 18.2 Å². The first kappa shape index (κ1) is 13.9. The number of carbonyl (C=O) groups excluding carboxylic acids is 1. The monoisotopic (exact) mass is 268 g/mol. The molecule has 0 spiro atoms. The lowest BCUT2D eigenvalue weighted by molar-refractivity contribution is -0.122. The fourth-order valence-corrected chi connectivity index (χ4v) is 2.56. The molecule has 5 heteroatoms. The van der Waals surface area contributed by atoms with Crippen molar-refractivity contribution in [1.29, 1.82) is 0 Å². The molecule has 0 aromatic heterocycles. The van der Waals surface area contributed by atoms with Gasteiger partial charge in [-0.3, -0.25) is 4.79 Å². The van der Waals surface area contributed by atoms with Crippen molar-refractivity contribution in [2.75, 3.05) is 0 Å². The summed E-state index contributed by atoms with van der Waals surface area (Å²) in [4.78, 5) is 11.0. The molecule has 1 aliphatic rings. The van der Waals surface area contributed by atoms with Crippen molar-refractivity contribution >= 4 is 5.91 Å². The first-order valence-corrected chi connectivity index (χ1v) is 6.52. The van der Waals surface area contributed by atoms with Crippen molar-refractivity contribution in [3.8, 4) is 0 Å². The van der Waals surface area contributed by atoms with E-state index in [9.17, 15) is 13.6 Å². The number of nitrogens with one attached hydrogen (secondary N) is 1. The zero-order valence-electron chi connectivity index (χ0n) is 10.7. The van der Waals surface area contributed by atoms with E-state index in [0.29, 0.717) is 12.1 Å². The van der Waals surface area contributed by atoms with Crippen LogP contribution in [0, 0.1) is 17.6 Å². The molecule has 0 aliphatic heterocycles. The quantitative estimate of drug-likeness (QED) is 0.878. The summed E-state index contributed by atoms with van der Waals surface area (Å²) in [6.07, 6.45) is 3.30. The summed E-state index contributed by atoms with van der Waals surface area (Å²) in [5, 5.41) is 3.27. The smallest absolute Gasteiger partial charge is 0.220 e. The number of hydrogen-bond acceptors (Lipinski definition) is 2. The van der Waals surface area contributed by atoms with Crippen LogP contribution in [0.2, 0.25) is 0 Å². The minimum atomic E-state index is -0.561. The van der Waals surface area contributed by atoms with Crippen LogP contribution in [0.25, 0.3) is 0 Å². The molecule has 3 nitrogen and oxygen atoms in total. The van der Waals surface area contributed by atoms with Crippen LogP contribution in [-0.2, 0) is 11.3 Å². The molecule has 3 N–H and O–H groups in total. The van der Waals surface area contributed by atoms with Gasteiger partial charge >= 0.3 is 0 Å². The van der Waals surface area contributed by atoms with Crippen LogP contribution in [0.4, 0.5) is 8.78 Å². The van der Waals surface area contributed by atoms with E-state index in [2.05, 4.69) is 5.32 Å². The lowest BCUT2D eigenvalue weighted by atomic mass is 9.85. The Balaban J connectivity index is 1.82. The Morgan fingerprint density at radius 1 is 1.16 bits per heavy atom. The van der Waals surface area contributed by atoms with Gasteiger partial charge in [-0.1, -0.05) is 0 Å². The van der Waals surface area contributed by atoms with Crippen LogP contribution in [0.3, 0.4) is 0 Å². The van der Waals surface area contributed by atoms with Crippen LogP contribution < -0.4 is 11.1 Å². The van der Waals surface area contributed by atoms with E-state index in [1.54, 1.807) is 0 Å². The Labute approximate surface area is 111 Å². The van der Waals surface area contributed by atoms with Crippen molar-refractivity contribution in [2.24, 2.45) is 11.7 Å². The van der Waals surface area contributed by atoms with E-state index >= 15 is 0 Å². The van der Waals surface area contributed by atoms with Gasteiger partial charge < -0.3 is 11.1 Å². The highest BCUT2D eigenvalue weighted by Crippen LogP contribution is 2.24. The number of halogens is 2. The lowest BCUT2D eigenvalue weighted by Gasteiger charge is -2.27. The third-order valence-corrected chi connectivity index (χ3v) is 3.65. The number of hydrogen-bond donors (Lipinski definition) is 2. The summed E-state index contributed by atoms with van der Waals surface area (Å²) < 4.78 is 26.0. The molecule has 0 saturated heterocycles. The summed E-state index contributed by atoms with van der Waals surface area (Å²) in [5.74, 6) is -1.38. The second-order valence-electron chi connectivity index (χ2n) is 5.11. The summed E-state index contributed by atoms with van der Waals surface area (Å²) in [6, 6.07) is 3.79. The molecule has 0 radical (unpaired) electrons. The highest BCUT2D eigenvalue weighted by atomic mass is 19.1. The maximum atomic E-state index is 13.0. The molecule has 0 unspecified atom stereocenters. The third kappa shape index (κ3) is 3.99. The van der Waals surface area contributed by atoms with Crippen molar-refractivity contribution in [3.63, 3.8) is 0 Å². The maximum Gasteiger partial charge on any atom is 0.220 e. The third-order valence-electron chi connectivity index (χ3n) is 3.65. The summed E-state index contributed by atoms with van der Waals surface area (Å²) in [5.41, 5.74) is 5.86. The fraction of sp³-hybridized carbons (Fsp3) is 0.500. The Bertz CT molecular complexity index is 437. The van der Waals surface area contributed by atoms with Crippen molar-refractivity contribution < 1.29 is 13.6 Å². The number of benzene rings is 1. The molecule has 104 valence electrons. The van der Waals surface area contributed by atoms with Crippen molar-refractivity contribution in [2.45, 2.75) is 38.3 Å². The number of rotatable bonds is 4. The molecule has 1 saturated carbocycles. The van der Waals surface area contributed by atoms with Crippen LogP contribution in [0.1, 0.15) is 31.2 Å². The van der Waals surface area contributed by atoms with Crippen molar-refractivity contribution in [3.05, 3.63) is 35.4 Å². The van der Waals surface area contributed by atoms with E-state index in [-0.39, 0.29) is 17.9 Å². The zero-order chi connectivity index (χ0) is 13.8. The summed E-state index contributed by atoms with van der Waals surface area (Å²) in [6.45, 7) is 0.431. The van der Waals surface area contributed by atoms with E-state index in [1.165, 1.54) is 12.1 Å². The van der Waals surface area contributed by atoms with Gasteiger partial charge in [0.25, 0.3) is 0 Å². The van der Waals surface area contributed by atoms with Gasteiger partial charge in [-0.05, 0) is 43.4 Å². The van der Waals surface area contributed by atoms with Gasteiger partial charge in [0.15, 0.2) is 0 Å². The standard InChI is InChI=1S/C14H18F2N2O/c15-11-5-9(6-12(16)7-11)8-18-13-3-1-10(2-4-13)14(17)19/h5-7,10,13,18H,1-4,8H2,(H2,17,19). The lowest BCUT2D eigenvalue weighted by Crippen LogP contribution is -2.36. The number of primary amides is 1. The molecular weight excluding hydrogens is 250 g/mol. The minimum Gasteiger partial charge on any atom is -0.369 e. The van der Waals surface area contributed by atoms with Gasteiger partial charge in [-0.25, -0.2) is 8.78 Å². The highest BCUT2D eigenvalue weighted by molar-refractivity contribution is 5.76. The van der Waals surface area contributed by atoms with Crippen LogP contribution in [-0.4, -0.2) is 11.9 Å². The highest BCUT2D eigenvalue weighted by Gasteiger charge is 2.24. The predicted octanol–water partition coefficient (Wildman–Crippen LogP) is 2.10. The van der Waals surface area contributed by atoms with Gasteiger partial charge in [0.05, 0.1) is 0 Å². The minimum absolute atomic E-state index is 0.0235. The first-order valence-electron chi connectivity index (χ1n) is 6.52. The SMILES string of the molecule is NC(=O)C1CCC(NCc2cc(F)cc(F)c2)CC1. The van der Waals surface area contributed by atoms with Gasteiger partial charge in [-0.2, -0.15) is 0 Å². The molecule has 0 bridgehead atoms. The molecule has 1 aromatic carbocycles. The second-order valence-corrected chi connectivity index (χ2v) is 5.11. The molecule has 1 aliphatic carbocycles. The molecule has 1 aromatic rings. The molecule has 0 atom stereocenters. The van der Waals surface area contributed by atoms with E-state index < -0.39 is 11.6 Å². The van der Waals surface area contributed by atoms with E-state index in [0.717, 1.165) is 31.7 Å². The topological polar surface area (TPSA) is 55.1 Å². The molecule has 1 fully saturated rings. The van der Waals surface area contributed by atoms with Gasteiger partial charge in [0, 0.05) is 24.6 Å². The molecule has 2 rings (SSSR count). The zero-order valence-corrected chi connectivity index (χ0v) is 10.7.